The largest absolute Gasteiger partial charge is 0.493 e. The van der Waals surface area contributed by atoms with Crippen molar-refractivity contribution in [2.45, 2.75) is 6.61 Å². The Bertz CT molecular complexity index is 1280. The van der Waals surface area contributed by atoms with E-state index < -0.39 is 15.9 Å². The van der Waals surface area contributed by atoms with Gasteiger partial charge in [-0.2, -0.15) is 5.10 Å². The molecule has 10 heteroatoms. The smallest absolute Gasteiger partial charge is 0.271 e. The molecular formula is C24H24BrN3O5S. The van der Waals surface area contributed by atoms with Crippen LogP contribution < -0.4 is 19.2 Å². The summed E-state index contributed by atoms with van der Waals surface area (Å²) in [6.07, 6.45) is 2.59. The summed E-state index contributed by atoms with van der Waals surface area (Å²) in [4.78, 5) is 12.4. The first-order chi connectivity index (χ1) is 16.2. The molecule has 0 fully saturated rings. The second-order valence-electron chi connectivity index (χ2n) is 7.28. The van der Waals surface area contributed by atoms with Crippen LogP contribution in [0.1, 0.15) is 21.5 Å². The van der Waals surface area contributed by atoms with E-state index in [1.54, 1.807) is 31.4 Å². The Labute approximate surface area is 207 Å². The van der Waals surface area contributed by atoms with Crippen molar-refractivity contribution in [2.75, 3.05) is 24.7 Å². The van der Waals surface area contributed by atoms with Gasteiger partial charge in [0.2, 0.25) is 10.0 Å². The number of hydrogen-bond acceptors (Lipinski definition) is 6. The maximum absolute atomic E-state index is 12.4. The number of sulfonamides is 1. The molecule has 0 radical (unpaired) electrons. The van der Waals surface area contributed by atoms with Crippen molar-refractivity contribution in [1.29, 1.82) is 0 Å². The molecule has 178 valence electrons. The molecule has 0 saturated carbocycles. The van der Waals surface area contributed by atoms with Crippen molar-refractivity contribution < 1.29 is 22.7 Å². The van der Waals surface area contributed by atoms with Gasteiger partial charge in [-0.3, -0.25) is 9.10 Å². The van der Waals surface area contributed by atoms with Gasteiger partial charge in [0.05, 0.1) is 29.7 Å². The number of benzene rings is 3. The number of ether oxygens (including phenoxy) is 2. The highest BCUT2D eigenvalue weighted by Gasteiger charge is 2.13. The molecule has 0 aliphatic rings. The van der Waals surface area contributed by atoms with Crippen LogP contribution in [-0.2, 0) is 16.6 Å². The summed E-state index contributed by atoms with van der Waals surface area (Å²) in [5, 5.41) is 4.01. The predicted octanol–water partition coefficient (Wildman–Crippen LogP) is 4.20. The Morgan fingerprint density at radius 3 is 2.41 bits per heavy atom. The molecule has 1 N–H and O–H groups in total. The number of anilines is 1. The Kier molecular flexibility index (Phi) is 8.30. The van der Waals surface area contributed by atoms with Crippen molar-refractivity contribution in [2.24, 2.45) is 5.10 Å². The molecule has 3 aromatic rings. The molecule has 0 heterocycles. The zero-order chi connectivity index (χ0) is 24.7. The van der Waals surface area contributed by atoms with Gasteiger partial charge < -0.3 is 9.47 Å². The molecule has 8 nitrogen and oxygen atoms in total. The first-order valence-corrected chi connectivity index (χ1v) is 12.7. The van der Waals surface area contributed by atoms with Gasteiger partial charge in [0.1, 0.15) is 6.61 Å². The molecule has 0 saturated heterocycles. The van der Waals surface area contributed by atoms with Crippen LogP contribution in [-0.4, -0.2) is 41.0 Å². The minimum Gasteiger partial charge on any atom is -0.493 e. The lowest BCUT2D eigenvalue weighted by molar-refractivity contribution is 0.0955. The van der Waals surface area contributed by atoms with Crippen molar-refractivity contribution in [3.8, 4) is 11.5 Å². The van der Waals surface area contributed by atoms with Crippen LogP contribution in [0.4, 0.5) is 5.69 Å². The number of hydrogen-bond donors (Lipinski definition) is 1. The Balaban J connectivity index is 1.66. The van der Waals surface area contributed by atoms with Gasteiger partial charge >= 0.3 is 0 Å². The van der Waals surface area contributed by atoms with E-state index in [1.165, 1.54) is 25.4 Å². The van der Waals surface area contributed by atoms with Crippen LogP contribution in [0.5, 0.6) is 11.5 Å². The first kappa shape index (κ1) is 25.3. The maximum atomic E-state index is 12.4. The van der Waals surface area contributed by atoms with Crippen molar-refractivity contribution in [1.82, 2.24) is 5.43 Å². The van der Waals surface area contributed by atoms with E-state index in [-0.39, 0.29) is 0 Å². The summed E-state index contributed by atoms with van der Waals surface area (Å²) < 4.78 is 36.4. The van der Waals surface area contributed by atoms with Crippen molar-refractivity contribution >= 4 is 43.8 Å². The van der Waals surface area contributed by atoms with E-state index in [9.17, 15) is 13.2 Å². The van der Waals surface area contributed by atoms with Gasteiger partial charge in [-0.1, -0.05) is 30.3 Å². The molecule has 0 spiro atoms. The summed E-state index contributed by atoms with van der Waals surface area (Å²) in [5.74, 6) is 0.647. The van der Waals surface area contributed by atoms with Crippen LogP contribution in [0.3, 0.4) is 0 Å². The fourth-order valence-corrected chi connectivity index (χ4v) is 4.01. The van der Waals surface area contributed by atoms with E-state index in [1.807, 2.05) is 30.3 Å². The Morgan fingerprint density at radius 2 is 1.79 bits per heavy atom. The SMILES string of the molecule is COc1cc(/C=N\NC(=O)c2ccc(N(C)S(C)(=O)=O)cc2)cc(Br)c1OCc1ccccc1. The Morgan fingerprint density at radius 1 is 1.12 bits per heavy atom. The highest BCUT2D eigenvalue weighted by atomic mass is 79.9. The fourth-order valence-electron chi connectivity index (χ4n) is 2.93. The zero-order valence-electron chi connectivity index (χ0n) is 18.9. The van der Waals surface area contributed by atoms with E-state index in [4.69, 9.17) is 9.47 Å². The van der Waals surface area contributed by atoms with E-state index in [2.05, 4.69) is 26.5 Å². The lowest BCUT2D eigenvalue weighted by Gasteiger charge is -2.16. The summed E-state index contributed by atoms with van der Waals surface area (Å²) in [6, 6.07) is 19.5. The quantitative estimate of drug-likeness (QED) is 0.321. The molecule has 1 amide bonds. The van der Waals surface area contributed by atoms with Gasteiger partial charge in [-0.15, -0.1) is 0 Å². The number of halogens is 1. The molecule has 0 aliphatic heterocycles. The summed E-state index contributed by atoms with van der Waals surface area (Å²) in [6.45, 7) is 0.387. The molecule has 3 aromatic carbocycles. The molecule has 0 atom stereocenters. The lowest BCUT2D eigenvalue weighted by Crippen LogP contribution is -2.25. The monoisotopic (exact) mass is 545 g/mol. The minimum absolute atomic E-state index is 0.339. The first-order valence-electron chi connectivity index (χ1n) is 10.1. The molecule has 0 aliphatic carbocycles. The summed E-state index contributed by atoms with van der Waals surface area (Å²) in [5.41, 5.74) is 4.96. The molecule has 3 rings (SSSR count). The normalized spacial score (nSPS) is 11.3. The number of rotatable bonds is 9. The number of methoxy groups -OCH3 is 1. The summed E-state index contributed by atoms with van der Waals surface area (Å²) >= 11 is 3.50. The number of hydrazone groups is 1. The maximum Gasteiger partial charge on any atom is 0.271 e. The standard InChI is InChI=1S/C24H24BrN3O5S/c1-28(34(3,30)31)20-11-9-19(10-12-20)24(29)27-26-15-18-13-21(25)23(22(14-18)32-2)33-16-17-7-5-4-6-8-17/h4-15H,16H2,1-3H3,(H,27,29)/b26-15-. The van der Waals surface area contributed by atoms with Crippen LogP contribution in [0.25, 0.3) is 0 Å². The highest BCUT2D eigenvalue weighted by molar-refractivity contribution is 9.10. The molecule has 0 bridgehead atoms. The minimum atomic E-state index is -3.38. The van der Waals surface area contributed by atoms with Gasteiger partial charge in [0, 0.05) is 12.6 Å². The topological polar surface area (TPSA) is 97.3 Å². The third kappa shape index (κ3) is 6.58. The number of carbonyl (C=O) groups is 1. The van der Waals surface area contributed by atoms with Crippen molar-refractivity contribution in [3.05, 3.63) is 87.9 Å². The molecule has 34 heavy (non-hydrogen) atoms. The third-order valence-corrected chi connectivity index (χ3v) is 6.64. The van der Waals surface area contributed by atoms with Gasteiger partial charge in [-0.05, 0) is 63.5 Å². The number of nitrogens with one attached hydrogen (secondary N) is 1. The van der Waals surface area contributed by atoms with Crippen LogP contribution in [0, 0.1) is 0 Å². The number of amides is 1. The lowest BCUT2D eigenvalue weighted by atomic mass is 10.2. The average Bonchev–Trinajstić information content (AvgIpc) is 2.82. The number of carbonyl (C=O) groups excluding carboxylic acids is 1. The second-order valence-corrected chi connectivity index (χ2v) is 10.2. The summed E-state index contributed by atoms with van der Waals surface area (Å²) in [7, 11) is -0.388. The molecule has 0 aromatic heterocycles. The van der Waals surface area contributed by atoms with Gasteiger partial charge in [-0.25, -0.2) is 13.8 Å². The second kappa shape index (κ2) is 11.2. The van der Waals surface area contributed by atoms with Gasteiger partial charge in [0.25, 0.3) is 5.91 Å². The van der Waals surface area contributed by atoms with E-state index >= 15 is 0 Å². The Hall–Kier alpha value is -3.37. The van der Waals surface area contributed by atoms with E-state index in [0.29, 0.717) is 39.4 Å². The average molecular weight is 546 g/mol. The zero-order valence-corrected chi connectivity index (χ0v) is 21.3. The van der Waals surface area contributed by atoms with Crippen molar-refractivity contribution in [3.63, 3.8) is 0 Å². The molecular weight excluding hydrogens is 522 g/mol. The molecule has 0 unspecified atom stereocenters. The fraction of sp³-hybridized carbons (Fsp3) is 0.167. The van der Waals surface area contributed by atoms with Crippen LogP contribution >= 0.6 is 15.9 Å². The van der Waals surface area contributed by atoms with Gasteiger partial charge in [0.15, 0.2) is 11.5 Å². The number of nitrogens with zero attached hydrogens (tertiary/aromatic N) is 2. The van der Waals surface area contributed by atoms with Crippen LogP contribution in [0.15, 0.2) is 76.3 Å². The third-order valence-electron chi connectivity index (χ3n) is 4.85. The van der Waals surface area contributed by atoms with E-state index in [0.717, 1.165) is 16.1 Å². The van der Waals surface area contributed by atoms with Crippen LogP contribution in [0.2, 0.25) is 0 Å². The highest BCUT2D eigenvalue weighted by Crippen LogP contribution is 2.36. The predicted molar refractivity (Wildman–Crippen MR) is 136 cm³/mol.